The van der Waals surface area contributed by atoms with Crippen molar-refractivity contribution in [3.05, 3.63) is 60.2 Å². The van der Waals surface area contributed by atoms with Crippen molar-refractivity contribution in [2.45, 2.75) is 24.8 Å². The number of carbonyl (C=O) groups excluding carboxylic acids is 1. The molecule has 0 aliphatic rings. The lowest BCUT2D eigenvalue weighted by atomic mass is 10.1. The average Bonchev–Trinajstić information content (AvgIpc) is 3.09. The van der Waals surface area contributed by atoms with Crippen molar-refractivity contribution in [3.63, 3.8) is 0 Å². The maximum absolute atomic E-state index is 13.0. The number of para-hydroxylation sites is 1. The second kappa shape index (κ2) is 8.47. The molecule has 28 heavy (non-hydrogen) atoms. The minimum atomic E-state index is -4.54. The van der Waals surface area contributed by atoms with E-state index in [1.807, 2.05) is 41.8 Å². The molecule has 0 radical (unpaired) electrons. The highest BCUT2D eigenvalue weighted by Crippen LogP contribution is 2.34. The van der Waals surface area contributed by atoms with Gasteiger partial charge in [-0.25, -0.2) is 0 Å². The van der Waals surface area contributed by atoms with Crippen LogP contribution in [0.25, 0.3) is 11.4 Å². The molecular formula is C19H17F3N4OS. The molecule has 3 rings (SSSR count). The molecule has 0 saturated heterocycles. The number of halogens is 3. The van der Waals surface area contributed by atoms with Crippen LogP contribution >= 0.6 is 11.8 Å². The number of anilines is 1. The number of nitrogens with one attached hydrogen (secondary N) is 1. The Hall–Kier alpha value is -2.81. The molecular weight excluding hydrogens is 389 g/mol. The van der Waals surface area contributed by atoms with Gasteiger partial charge in [-0.3, -0.25) is 4.79 Å². The molecule has 0 bridgehead atoms. The molecule has 146 valence electrons. The third-order valence-corrected chi connectivity index (χ3v) is 4.87. The van der Waals surface area contributed by atoms with E-state index < -0.39 is 17.6 Å². The quantitative estimate of drug-likeness (QED) is 0.602. The first kappa shape index (κ1) is 19.9. The first-order chi connectivity index (χ1) is 13.4. The molecule has 0 spiro atoms. The standard InChI is InChI=1S/C19H17F3N4OS/c1-2-26-17(13-8-4-3-5-9-13)24-25-18(26)28-12-16(27)23-15-11-7-6-10-14(15)19(20,21)22/h3-11H,2,12H2,1H3,(H,23,27). The van der Waals surface area contributed by atoms with E-state index in [0.717, 1.165) is 23.4 Å². The van der Waals surface area contributed by atoms with Gasteiger partial charge in [-0.15, -0.1) is 10.2 Å². The monoisotopic (exact) mass is 406 g/mol. The van der Waals surface area contributed by atoms with E-state index in [2.05, 4.69) is 15.5 Å². The summed E-state index contributed by atoms with van der Waals surface area (Å²) >= 11 is 1.12. The van der Waals surface area contributed by atoms with Crippen LogP contribution in [0.2, 0.25) is 0 Å². The number of alkyl halides is 3. The fraction of sp³-hybridized carbons (Fsp3) is 0.211. The number of nitrogens with zero attached hydrogens (tertiary/aromatic N) is 3. The van der Waals surface area contributed by atoms with Gasteiger partial charge in [-0.2, -0.15) is 13.2 Å². The molecule has 2 aromatic carbocycles. The molecule has 1 aromatic heterocycles. The molecule has 1 heterocycles. The van der Waals surface area contributed by atoms with E-state index >= 15 is 0 Å². The van der Waals surface area contributed by atoms with Crippen molar-refractivity contribution >= 4 is 23.4 Å². The average molecular weight is 406 g/mol. The third kappa shape index (κ3) is 4.53. The molecule has 1 amide bonds. The Morgan fingerprint density at radius 3 is 2.43 bits per heavy atom. The zero-order chi connectivity index (χ0) is 20.1. The second-order valence-electron chi connectivity index (χ2n) is 5.80. The Bertz CT molecular complexity index is 957. The number of hydrogen-bond acceptors (Lipinski definition) is 4. The summed E-state index contributed by atoms with van der Waals surface area (Å²) in [6.07, 6.45) is -4.54. The summed E-state index contributed by atoms with van der Waals surface area (Å²) < 4.78 is 41.0. The van der Waals surface area contributed by atoms with Crippen molar-refractivity contribution in [3.8, 4) is 11.4 Å². The van der Waals surface area contributed by atoms with Crippen LogP contribution in [0, 0.1) is 0 Å². The highest BCUT2D eigenvalue weighted by atomic mass is 32.2. The van der Waals surface area contributed by atoms with Crippen LogP contribution in [0.5, 0.6) is 0 Å². The highest BCUT2D eigenvalue weighted by Gasteiger charge is 2.33. The van der Waals surface area contributed by atoms with Crippen molar-refractivity contribution in [2.24, 2.45) is 0 Å². The van der Waals surface area contributed by atoms with Gasteiger partial charge in [0.2, 0.25) is 5.91 Å². The molecule has 0 atom stereocenters. The molecule has 0 aliphatic heterocycles. The van der Waals surface area contributed by atoms with Gasteiger partial charge in [0.25, 0.3) is 0 Å². The van der Waals surface area contributed by atoms with Crippen molar-refractivity contribution < 1.29 is 18.0 Å². The van der Waals surface area contributed by atoms with Crippen LogP contribution < -0.4 is 5.32 Å². The third-order valence-electron chi connectivity index (χ3n) is 3.90. The molecule has 3 aromatic rings. The second-order valence-corrected chi connectivity index (χ2v) is 6.74. The van der Waals surface area contributed by atoms with Gasteiger partial charge in [0.1, 0.15) is 0 Å². The fourth-order valence-electron chi connectivity index (χ4n) is 2.64. The number of rotatable bonds is 6. The van der Waals surface area contributed by atoms with E-state index in [0.29, 0.717) is 17.5 Å². The number of aromatic nitrogens is 3. The normalized spacial score (nSPS) is 11.4. The first-order valence-corrected chi connectivity index (χ1v) is 9.46. The Labute approximate surface area is 164 Å². The van der Waals surface area contributed by atoms with Gasteiger partial charge in [0, 0.05) is 12.1 Å². The Morgan fingerprint density at radius 2 is 1.75 bits per heavy atom. The zero-order valence-corrected chi connectivity index (χ0v) is 15.7. The van der Waals surface area contributed by atoms with Crippen LogP contribution in [0.15, 0.2) is 59.8 Å². The summed E-state index contributed by atoms with van der Waals surface area (Å²) in [5.74, 6) is 0.0427. The largest absolute Gasteiger partial charge is 0.418 e. The van der Waals surface area contributed by atoms with Crippen LogP contribution in [0.3, 0.4) is 0 Å². The number of carbonyl (C=O) groups is 1. The van der Waals surface area contributed by atoms with Crippen LogP contribution in [0.1, 0.15) is 12.5 Å². The lowest BCUT2D eigenvalue weighted by Gasteiger charge is -2.13. The van der Waals surface area contributed by atoms with Gasteiger partial charge in [0.05, 0.1) is 17.0 Å². The molecule has 1 N–H and O–H groups in total. The maximum Gasteiger partial charge on any atom is 0.418 e. The van der Waals surface area contributed by atoms with Gasteiger partial charge in [0.15, 0.2) is 11.0 Å². The van der Waals surface area contributed by atoms with Crippen LogP contribution in [-0.4, -0.2) is 26.4 Å². The Balaban J connectivity index is 1.70. The lowest BCUT2D eigenvalue weighted by Crippen LogP contribution is -2.18. The summed E-state index contributed by atoms with van der Waals surface area (Å²) in [6.45, 7) is 2.53. The lowest BCUT2D eigenvalue weighted by molar-refractivity contribution is -0.137. The van der Waals surface area contributed by atoms with Gasteiger partial charge in [-0.05, 0) is 19.1 Å². The van der Waals surface area contributed by atoms with Crippen molar-refractivity contribution in [1.29, 1.82) is 0 Å². The Kier molecular flexibility index (Phi) is 6.03. The number of thioether (sulfide) groups is 1. The SMILES string of the molecule is CCn1c(SCC(=O)Nc2ccccc2C(F)(F)F)nnc1-c1ccccc1. The first-order valence-electron chi connectivity index (χ1n) is 8.47. The van der Waals surface area contributed by atoms with Gasteiger partial charge >= 0.3 is 6.18 Å². The molecule has 5 nitrogen and oxygen atoms in total. The van der Waals surface area contributed by atoms with Crippen LogP contribution in [-0.2, 0) is 17.5 Å². The fourth-order valence-corrected chi connectivity index (χ4v) is 3.44. The van der Waals surface area contributed by atoms with Gasteiger partial charge in [-0.1, -0.05) is 54.2 Å². The highest BCUT2D eigenvalue weighted by molar-refractivity contribution is 7.99. The molecule has 0 unspecified atom stereocenters. The van der Waals surface area contributed by atoms with Crippen molar-refractivity contribution in [1.82, 2.24) is 14.8 Å². The van der Waals surface area contributed by atoms with E-state index in [9.17, 15) is 18.0 Å². The summed E-state index contributed by atoms with van der Waals surface area (Å²) in [7, 11) is 0. The van der Waals surface area contributed by atoms with Crippen molar-refractivity contribution in [2.75, 3.05) is 11.1 Å². The van der Waals surface area contributed by atoms with E-state index in [4.69, 9.17) is 0 Å². The maximum atomic E-state index is 13.0. The molecule has 9 heteroatoms. The van der Waals surface area contributed by atoms with E-state index in [1.54, 1.807) is 0 Å². The minimum absolute atomic E-state index is 0.0842. The molecule has 0 fully saturated rings. The Morgan fingerprint density at radius 1 is 1.07 bits per heavy atom. The molecule has 0 aliphatic carbocycles. The van der Waals surface area contributed by atoms with E-state index in [-0.39, 0.29) is 11.4 Å². The predicted molar refractivity (Wildman–Crippen MR) is 102 cm³/mol. The summed E-state index contributed by atoms with van der Waals surface area (Å²) in [4.78, 5) is 12.2. The van der Waals surface area contributed by atoms with Gasteiger partial charge < -0.3 is 9.88 Å². The number of hydrogen-bond donors (Lipinski definition) is 1. The van der Waals surface area contributed by atoms with Crippen LogP contribution in [0.4, 0.5) is 18.9 Å². The predicted octanol–water partition coefficient (Wildman–Crippen LogP) is 4.71. The topological polar surface area (TPSA) is 59.8 Å². The molecule has 0 saturated carbocycles. The summed E-state index contributed by atoms with van der Waals surface area (Å²) in [5.41, 5.74) is -0.244. The summed E-state index contributed by atoms with van der Waals surface area (Å²) in [5, 5.41) is 11.1. The smallest absolute Gasteiger partial charge is 0.325 e. The van der Waals surface area contributed by atoms with E-state index in [1.165, 1.54) is 18.2 Å². The number of benzene rings is 2. The zero-order valence-electron chi connectivity index (χ0n) is 14.9. The minimum Gasteiger partial charge on any atom is -0.325 e. The summed E-state index contributed by atoms with van der Waals surface area (Å²) in [6, 6.07) is 14.4. The number of amides is 1.